The van der Waals surface area contributed by atoms with Gasteiger partial charge in [0.2, 0.25) is 0 Å². The van der Waals surface area contributed by atoms with E-state index in [9.17, 15) is 9.18 Å². The van der Waals surface area contributed by atoms with Crippen molar-refractivity contribution in [2.24, 2.45) is 0 Å². The number of hydrogen-bond acceptors (Lipinski definition) is 2. The predicted molar refractivity (Wildman–Crippen MR) is 67.3 cm³/mol. The molecule has 0 aliphatic carbocycles. The van der Waals surface area contributed by atoms with E-state index in [0.29, 0.717) is 23.0 Å². The Hall–Kier alpha value is -0.940. The zero-order chi connectivity index (χ0) is 13.1. The van der Waals surface area contributed by atoms with Crippen LogP contribution >= 0.6 is 15.9 Å². The molecule has 2 N–H and O–H groups in total. The minimum absolute atomic E-state index is 0.312. The summed E-state index contributed by atoms with van der Waals surface area (Å²) in [6, 6.07) is 4.50. The molecule has 1 rings (SSSR count). The van der Waals surface area contributed by atoms with Gasteiger partial charge in [-0.15, -0.1) is 0 Å². The fourth-order valence-corrected chi connectivity index (χ4v) is 1.87. The Morgan fingerprint density at radius 1 is 1.53 bits per heavy atom. The molecule has 0 amide bonds. The van der Waals surface area contributed by atoms with Gasteiger partial charge in [0.1, 0.15) is 11.4 Å². The predicted octanol–water partition coefficient (Wildman–Crippen LogP) is 2.93. The van der Waals surface area contributed by atoms with Crippen LogP contribution in [0.5, 0.6) is 0 Å². The Kier molecular flexibility index (Phi) is 4.65. The van der Waals surface area contributed by atoms with Gasteiger partial charge in [0, 0.05) is 11.0 Å². The summed E-state index contributed by atoms with van der Waals surface area (Å²) in [5, 5.41) is 12.0. The third kappa shape index (κ3) is 3.78. The van der Waals surface area contributed by atoms with E-state index in [2.05, 4.69) is 21.2 Å². The van der Waals surface area contributed by atoms with Gasteiger partial charge in [-0.2, -0.15) is 0 Å². The topological polar surface area (TPSA) is 49.3 Å². The second-order valence-corrected chi connectivity index (χ2v) is 5.04. The molecule has 0 aromatic heterocycles. The molecule has 1 aromatic rings. The highest BCUT2D eigenvalue weighted by Gasteiger charge is 2.30. The van der Waals surface area contributed by atoms with Crippen molar-refractivity contribution in [1.29, 1.82) is 0 Å². The lowest BCUT2D eigenvalue weighted by atomic mass is 9.99. The summed E-state index contributed by atoms with van der Waals surface area (Å²) in [6.07, 6.45) is 0.457. The number of carboxylic acids is 1. The third-order valence-electron chi connectivity index (χ3n) is 2.78. The van der Waals surface area contributed by atoms with Crippen LogP contribution in [0.15, 0.2) is 22.7 Å². The molecule has 1 atom stereocenters. The molecule has 0 aliphatic rings. The van der Waals surface area contributed by atoms with Crippen LogP contribution in [0.3, 0.4) is 0 Å². The fourth-order valence-electron chi connectivity index (χ4n) is 1.36. The highest BCUT2D eigenvalue weighted by Crippen LogP contribution is 2.16. The molecule has 0 radical (unpaired) electrons. The lowest BCUT2D eigenvalue weighted by molar-refractivity contribution is -0.144. The number of carbonyl (C=O) groups is 1. The lowest BCUT2D eigenvalue weighted by Gasteiger charge is -2.24. The normalized spacial score (nSPS) is 14.4. The van der Waals surface area contributed by atoms with Gasteiger partial charge in [-0.25, -0.2) is 4.39 Å². The van der Waals surface area contributed by atoms with Crippen LogP contribution in [0.4, 0.5) is 4.39 Å². The van der Waals surface area contributed by atoms with Crippen LogP contribution < -0.4 is 5.32 Å². The van der Waals surface area contributed by atoms with E-state index in [1.807, 2.05) is 0 Å². The standard InChI is InChI=1S/C12H15BrFNO2/c1-3-12(2,11(16)17)15-7-8-4-9(13)6-10(14)5-8/h4-6,15H,3,7H2,1-2H3,(H,16,17). The van der Waals surface area contributed by atoms with Crippen molar-refractivity contribution in [3.05, 3.63) is 34.1 Å². The molecule has 0 spiro atoms. The van der Waals surface area contributed by atoms with Crippen molar-refractivity contribution in [3.63, 3.8) is 0 Å². The number of nitrogens with one attached hydrogen (secondary N) is 1. The minimum Gasteiger partial charge on any atom is -0.480 e. The lowest BCUT2D eigenvalue weighted by Crippen LogP contribution is -2.48. The maximum atomic E-state index is 13.1. The smallest absolute Gasteiger partial charge is 0.323 e. The summed E-state index contributed by atoms with van der Waals surface area (Å²) in [7, 11) is 0. The number of halogens is 2. The Morgan fingerprint density at radius 2 is 2.18 bits per heavy atom. The SMILES string of the molecule is CCC(C)(NCc1cc(F)cc(Br)c1)C(=O)O. The fraction of sp³-hybridized carbons (Fsp3) is 0.417. The highest BCUT2D eigenvalue weighted by molar-refractivity contribution is 9.10. The van der Waals surface area contributed by atoms with E-state index in [-0.39, 0.29) is 5.82 Å². The van der Waals surface area contributed by atoms with E-state index in [1.54, 1.807) is 19.9 Å². The molecular weight excluding hydrogens is 289 g/mol. The molecule has 1 aromatic carbocycles. The molecule has 17 heavy (non-hydrogen) atoms. The molecule has 0 saturated carbocycles. The second-order valence-electron chi connectivity index (χ2n) is 4.12. The Balaban J connectivity index is 2.76. The summed E-state index contributed by atoms with van der Waals surface area (Å²) in [5.41, 5.74) is -0.281. The summed E-state index contributed by atoms with van der Waals surface area (Å²) in [4.78, 5) is 11.1. The first-order chi connectivity index (χ1) is 7.87. The molecule has 5 heteroatoms. The number of rotatable bonds is 5. The third-order valence-corrected chi connectivity index (χ3v) is 3.24. The van der Waals surface area contributed by atoms with E-state index in [0.717, 1.165) is 0 Å². The number of hydrogen-bond donors (Lipinski definition) is 2. The molecule has 0 fully saturated rings. The molecule has 0 heterocycles. The molecule has 0 bridgehead atoms. The largest absolute Gasteiger partial charge is 0.480 e. The average molecular weight is 304 g/mol. The molecule has 0 saturated heterocycles. The number of aliphatic carboxylic acids is 1. The zero-order valence-corrected chi connectivity index (χ0v) is 11.3. The first-order valence-electron chi connectivity index (χ1n) is 5.31. The second kappa shape index (κ2) is 5.60. The van der Waals surface area contributed by atoms with Gasteiger partial charge in [0.15, 0.2) is 0 Å². The average Bonchev–Trinajstić information content (AvgIpc) is 2.24. The van der Waals surface area contributed by atoms with Gasteiger partial charge in [-0.05, 0) is 37.1 Å². The van der Waals surface area contributed by atoms with Gasteiger partial charge in [0.25, 0.3) is 0 Å². The van der Waals surface area contributed by atoms with Gasteiger partial charge in [-0.1, -0.05) is 22.9 Å². The van der Waals surface area contributed by atoms with E-state index in [4.69, 9.17) is 5.11 Å². The number of benzene rings is 1. The van der Waals surface area contributed by atoms with E-state index >= 15 is 0 Å². The van der Waals surface area contributed by atoms with Crippen molar-refractivity contribution in [1.82, 2.24) is 5.32 Å². The summed E-state index contributed by atoms with van der Waals surface area (Å²) in [5.74, 6) is -1.25. The highest BCUT2D eigenvalue weighted by atomic mass is 79.9. The monoisotopic (exact) mass is 303 g/mol. The van der Waals surface area contributed by atoms with Crippen LogP contribution in [-0.4, -0.2) is 16.6 Å². The van der Waals surface area contributed by atoms with Crippen LogP contribution in [0.2, 0.25) is 0 Å². The molecule has 3 nitrogen and oxygen atoms in total. The van der Waals surface area contributed by atoms with Crippen LogP contribution in [-0.2, 0) is 11.3 Å². The van der Waals surface area contributed by atoms with E-state index in [1.165, 1.54) is 12.1 Å². The Labute approximate surface area is 108 Å². The molecule has 1 unspecified atom stereocenters. The molecule has 94 valence electrons. The molecular formula is C12H15BrFNO2. The van der Waals surface area contributed by atoms with Crippen molar-refractivity contribution in [2.45, 2.75) is 32.4 Å². The Morgan fingerprint density at radius 3 is 2.65 bits per heavy atom. The van der Waals surface area contributed by atoms with Crippen molar-refractivity contribution >= 4 is 21.9 Å². The molecule has 0 aliphatic heterocycles. The van der Waals surface area contributed by atoms with E-state index < -0.39 is 11.5 Å². The number of carboxylic acid groups (broad SMARTS) is 1. The van der Waals surface area contributed by atoms with Gasteiger partial charge >= 0.3 is 5.97 Å². The van der Waals surface area contributed by atoms with Gasteiger partial charge in [0.05, 0.1) is 0 Å². The van der Waals surface area contributed by atoms with Crippen molar-refractivity contribution < 1.29 is 14.3 Å². The van der Waals surface area contributed by atoms with Gasteiger partial charge < -0.3 is 5.11 Å². The maximum Gasteiger partial charge on any atom is 0.323 e. The first kappa shape index (κ1) is 14.1. The summed E-state index contributed by atoms with van der Waals surface area (Å²) < 4.78 is 13.8. The summed E-state index contributed by atoms with van der Waals surface area (Å²) in [6.45, 7) is 3.72. The first-order valence-corrected chi connectivity index (χ1v) is 6.10. The summed E-state index contributed by atoms with van der Waals surface area (Å²) >= 11 is 3.20. The van der Waals surface area contributed by atoms with Crippen molar-refractivity contribution in [2.75, 3.05) is 0 Å². The zero-order valence-electron chi connectivity index (χ0n) is 9.76. The van der Waals surface area contributed by atoms with Crippen LogP contribution in [0, 0.1) is 5.82 Å². The van der Waals surface area contributed by atoms with Crippen molar-refractivity contribution in [3.8, 4) is 0 Å². The maximum absolute atomic E-state index is 13.1. The minimum atomic E-state index is -0.987. The van der Waals surface area contributed by atoms with Crippen LogP contribution in [0.25, 0.3) is 0 Å². The van der Waals surface area contributed by atoms with Crippen LogP contribution in [0.1, 0.15) is 25.8 Å². The quantitative estimate of drug-likeness (QED) is 0.879. The van der Waals surface area contributed by atoms with Gasteiger partial charge in [-0.3, -0.25) is 10.1 Å². The Bertz CT molecular complexity index is 405.